The standard InChI is InChI=1S/C13H19N5/c1-10-6-16-13(8-15-10)12(14-2)5-4-11-7-17-18(3)9-11/h6-9,12,14H,4-5H2,1-3H3. The minimum Gasteiger partial charge on any atom is -0.312 e. The van der Waals surface area contributed by atoms with E-state index in [2.05, 4.69) is 20.4 Å². The van der Waals surface area contributed by atoms with Crippen molar-refractivity contribution >= 4 is 0 Å². The van der Waals surface area contributed by atoms with E-state index in [-0.39, 0.29) is 6.04 Å². The first-order valence-corrected chi connectivity index (χ1v) is 6.12. The van der Waals surface area contributed by atoms with E-state index in [9.17, 15) is 0 Å². The minimum absolute atomic E-state index is 0.235. The highest BCUT2D eigenvalue weighted by atomic mass is 15.2. The van der Waals surface area contributed by atoms with Gasteiger partial charge in [-0.25, -0.2) is 0 Å². The van der Waals surface area contributed by atoms with Gasteiger partial charge < -0.3 is 5.32 Å². The molecule has 0 fully saturated rings. The summed E-state index contributed by atoms with van der Waals surface area (Å²) in [5.41, 5.74) is 3.19. The largest absolute Gasteiger partial charge is 0.312 e. The van der Waals surface area contributed by atoms with E-state index in [4.69, 9.17) is 0 Å². The molecule has 1 unspecified atom stereocenters. The van der Waals surface area contributed by atoms with Crippen LogP contribution in [0.3, 0.4) is 0 Å². The van der Waals surface area contributed by atoms with Crippen molar-refractivity contribution in [3.8, 4) is 0 Å². The Hall–Kier alpha value is -1.75. The fourth-order valence-corrected chi connectivity index (χ4v) is 1.93. The van der Waals surface area contributed by atoms with Gasteiger partial charge in [-0.2, -0.15) is 5.10 Å². The third-order valence-corrected chi connectivity index (χ3v) is 2.99. The Kier molecular flexibility index (Phi) is 4.04. The van der Waals surface area contributed by atoms with Crippen LogP contribution in [0.1, 0.15) is 29.4 Å². The molecule has 0 spiro atoms. The molecule has 0 aliphatic rings. The van der Waals surface area contributed by atoms with Crippen molar-refractivity contribution in [2.75, 3.05) is 7.05 Å². The molecule has 0 radical (unpaired) electrons. The quantitative estimate of drug-likeness (QED) is 0.865. The lowest BCUT2D eigenvalue weighted by atomic mass is 10.1. The second kappa shape index (κ2) is 5.73. The zero-order valence-corrected chi connectivity index (χ0v) is 11.1. The summed E-state index contributed by atoms with van der Waals surface area (Å²) in [6.07, 6.45) is 9.58. The predicted octanol–water partition coefficient (Wildman–Crippen LogP) is 1.41. The SMILES string of the molecule is CNC(CCc1cnn(C)c1)c1cnc(C)cn1. The Balaban J connectivity index is 1.99. The van der Waals surface area contributed by atoms with Gasteiger partial charge >= 0.3 is 0 Å². The van der Waals surface area contributed by atoms with Crippen molar-refractivity contribution in [3.63, 3.8) is 0 Å². The lowest BCUT2D eigenvalue weighted by Crippen LogP contribution is -2.18. The minimum atomic E-state index is 0.235. The van der Waals surface area contributed by atoms with Crippen molar-refractivity contribution in [2.45, 2.75) is 25.8 Å². The number of hydrogen-bond acceptors (Lipinski definition) is 4. The average molecular weight is 245 g/mol. The van der Waals surface area contributed by atoms with E-state index in [0.29, 0.717) is 0 Å². The van der Waals surface area contributed by atoms with Gasteiger partial charge in [0.15, 0.2) is 0 Å². The van der Waals surface area contributed by atoms with Gasteiger partial charge in [-0.15, -0.1) is 0 Å². The molecule has 1 N–H and O–H groups in total. The first-order chi connectivity index (χ1) is 8.69. The van der Waals surface area contributed by atoms with Gasteiger partial charge in [0.05, 0.1) is 29.8 Å². The first kappa shape index (κ1) is 12.7. The number of hydrogen-bond donors (Lipinski definition) is 1. The van der Waals surface area contributed by atoms with Crippen LogP contribution < -0.4 is 5.32 Å². The lowest BCUT2D eigenvalue weighted by Gasteiger charge is -2.14. The zero-order chi connectivity index (χ0) is 13.0. The molecule has 2 aromatic heterocycles. The van der Waals surface area contributed by atoms with Gasteiger partial charge in [0.25, 0.3) is 0 Å². The monoisotopic (exact) mass is 245 g/mol. The highest BCUT2D eigenvalue weighted by Crippen LogP contribution is 2.16. The molecule has 0 saturated carbocycles. The maximum atomic E-state index is 4.42. The summed E-state index contributed by atoms with van der Waals surface area (Å²) in [6, 6.07) is 0.235. The summed E-state index contributed by atoms with van der Waals surface area (Å²) in [5.74, 6) is 0. The molecule has 96 valence electrons. The summed E-state index contributed by atoms with van der Waals surface area (Å²) in [7, 11) is 3.89. The number of nitrogens with zero attached hydrogens (tertiary/aromatic N) is 4. The molecule has 5 nitrogen and oxygen atoms in total. The van der Waals surface area contributed by atoms with Crippen molar-refractivity contribution in [3.05, 3.63) is 41.7 Å². The van der Waals surface area contributed by atoms with Gasteiger partial charge in [0, 0.05) is 19.4 Å². The predicted molar refractivity (Wildman–Crippen MR) is 70.1 cm³/mol. The van der Waals surface area contributed by atoms with Crippen molar-refractivity contribution in [2.24, 2.45) is 7.05 Å². The van der Waals surface area contributed by atoms with E-state index >= 15 is 0 Å². The zero-order valence-electron chi connectivity index (χ0n) is 11.1. The molecule has 0 aromatic carbocycles. The molecule has 18 heavy (non-hydrogen) atoms. The first-order valence-electron chi connectivity index (χ1n) is 6.12. The maximum absolute atomic E-state index is 4.42. The topological polar surface area (TPSA) is 55.6 Å². The molecule has 2 rings (SSSR count). The fraction of sp³-hybridized carbons (Fsp3) is 0.462. The van der Waals surface area contributed by atoms with Crippen LogP contribution in [0.2, 0.25) is 0 Å². The summed E-state index contributed by atoms with van der Waals surface area (Å²) in [6.45, 7) is 1.95. The Morgan fingerprint density at radius 2 is 2.11 bits per heavy atom. The van der Waals surface area contributed by atoms with E-state index in [1.807, 2.05) is 50.5 Å². The van der Waals surface area contributed by atoms with Crippen LogP contribution in [0, 0.1) is 6.92 Å². The molecular weight excluding hydrogens is 226 g/mol. The number of aromatic nitrogens is 4. The molecule has 0 aliphatic carbocycles. The number of rotatable bonds is 5. The van der Waals surface area contributed by atoms with E-state index in [1.165, 1.54) is 5.56 Å². The van der Waals surface area contributed by atoms with Crippen molar-refractivity contribution in [1.82, 2.24) is 25.1 Å². The van der Waals surface area contributed by atoms with Crippen LogP contribution in [-0.2, 0) is 13.5 Å². The van der Waals surface area contributed by atoms with Gasteiger partial charge in [0.2, 0.25) is 0 Å². The summed E-state index contributed by atoms with van der Waals surface area (Å²) in [4.78, 5) is 8.71. The Morgan fingerprint density at radius 3 is 2.67 bits per heavy atom. The van der Waals surface area contributed by atoms with Gasteiger partial charge in [-0.3, -0.25) is 14.6 Å². The third kappa shape index (κ3) is 3.13. The van der Waals surface area contributed by atoms with Gasteiger partial charge in [-0.05, 0) is 32.4 Å². The molecule has 0 bridgehead atoms. The molecule has 5 heteroatoms. The number of nitrogens with one attached hydrogen (secondary N) is 1. The fourth-order valence-electron chi connectivity index (χ4n) is 1.93. The molecule has 1 atom stereocenters. The molecule has 0 saturated heterocycles. The Labute approximate surface area is 107 Å². The molecule has 2 aromatic rings. The van der Waals surface area contributed by atoms with Crippen LogP contribution in [0.15, 0.2) is 24.8 Å². The van der Waals surface area contributed by atoms with Crippen molar-refractivity contribution in [1.29, 1.82) is 0 Å². The molecule has 2 heterocycles. The van der Waals surface area contributed by atoms with Crippen LogP contribution in [0.5, 0.6) is 0 Å². The van der Waals surface area contributed by atoms with Crippen LogP contribution >= 0.6 is 0 Å². The Morgan fingerprint density at radius 1 is 1.28 bits per heavy atom. The molecule has 0 amide bonds. The second-order valence-corrected chi connectivity index (χ2v) is 4.48. The Bertz CT molecular complexity index is 488. The van der Waals surface area contributed by atoms with Crippen LogP contribution in [0.25, 0.3) is 0 Å². The van der Waals surface area contributed by atoms with Crippen LogP contribution in [-0.4, -0.2) is 26.8 Å². The summed E-state index contributed by atoms with van der Waals surface area (Å²) in [5, 5.41) is 7.46. The highest BCUT2D eigenvalue weighted by molar-refractivity contribution is 5.09. The molecular formula is C13H19N5. The average Bonchev–Trinajstić information content (AvgIpc) is 2.78. The van der Waals surface area contributed by atoms with E-state index < -0.39 is 0 Å². The highest BCUT2D eigenvalue weighted by Gasteiger charge is 2.11. The molecule has 0 aliphatic heterocycles. The third-order valence-electron chi connectivity index (χ3n) is 2.99. The second-order valence-electron chi connectivity index (χ2n) is 4.48. The smallest absolute Gasteiger partial charge is 0.0756 e. The lowest BCUT2D eigenvalue weighted by molar-refractivity contribution is 0.533. The number of aryl methyl sites for hydroxylation is 3. The van der Waals surface area contributed by atoms with Crippen LogP contribution in [0.4, 0.5) is 0 Å². The van der Waals surface area contributed by atoms with E-state index in [1.54, 1.807) is 0 Å². The van der Waals surface area contributed by atoms with Gasteiger partial charge in [-0.1, -0.05) is 0 Å². The van der Waals surface area contributed by atoms with Crippen molar-refractivity contribution < 1.29 is 0 Å². The summed E-state index contributed by atoms with van der Waals surface area (Å²) >= 11 is 0. The van der Waals surface area contributed by atoms with E-state index in [0.717, 1.165) is 24.2 Å². The normalized spacial score (nSPS) is 12.6. The maximum Gasteiger partial charge on any atom is 0.0756 e. The summed E-state index contributed by atoms with van der Waals surface area (Å²) < 4.78 is 1.83. The van der Waals surface area contributed by atoms with Gasteiger partial charge in [0.1, 0.15) is 0 Å².